The lowest BCUT2D eigenvalue weighted by Gasteiger charge is -2.40. The third-order valence-corrected chi connectivity index (χ3v) is 6.32. The van der Waals surface area contributed by atoms with Gasteiger partial charge in [-0.05, 0) is 0 Å². The second-order valence-electron chi connectivity index (χ2n) is 3.09. The van der Waals surface area contributed by atoms with E-state index in [0.717, 1.165) is 0 Å². The van der Waals surface area contributed by atoms with Crippen LogP contribution in [0.3, 0.4) is 0 Å². The van der Waals surface area contributed by atoms with Crippen LogP contribution in [0.4, 0.5) is 0 Å². The molecule has 0 amide bonds. The van der Waals surface area contributed by atoms with Gasteiger partial charge in [-0.25, -0.2) is 4.57 Å². The first-order chi connectivity index (χ1) is 5.26. The lowest BCUT2D eigenvalue weighted by atomic mass is 9.96. The number of halogens is 3. The normalized spacial score (nSPS) is 47.4. The average molecular weight is 342 g/mol. The Labute approximate surface area is 92.7 Å². The molecular formula is C5H8Br2ClO3P. The van der Waals surface area contributed by atoms with E-state index in [1.807, 2.05) is 13.8 Å². The van der Waals surface area contributed by atoms with Gasteiger partial charge in [0.1, 0.15) is 10.0 Å². The topological polar surface area (TPSA) is 35.5 Å². The summed E-state index contributed by atoms with van der Waals surface area (Å²) in [6, 6.07) is 0. The average Bonchev–Trinajstić information content (AvgIpc) is 1.82. The van der Waals surface area contributed by atoms with Crippen molar-refractivity contribution in [2.75, 3.05) is 0 Å². The van der Waals surface area contributed by atoms with Crippen molar-refractivity contribution in [3.8, 4) is 0 Å². The van der Waals surface area contributed by atoms with Crippen LogP contribution >= 0.6 is 50.0 Å². The van der Waals surface area contributed by atoms with Crippen LogP contribution in [-0.2, 0) is 13.6 Å². The second-order valence-corrected chi connectivity index (χ2v) is 7.28. The lowest BCUT2D eigenvalue weighted by molar-refractivity contribution is 0.0177. The van der Waals surface area contributed by atoms with E-state index < -0.39 is 6.95 Å². The molecule has 0 aromatic rings. The predicted molar refractivity (Wildman–Crippen MR) is 54.8 cm³/mol. The Morgan fingerprint density at radius 2 is 1.67 bits per heavy atom. The minimum absolute atomic E-state index is 0.317. The Bertz CT molecular complexity index is 217. The molecule has 1 fully saturated rings. The van der Waals surface area contributed by atoms with Crippen molar-refractivity contribution in [1.82, 2.24) is 0 Å². The van der Waals surface area contributed by atoms with Crippen molar-refractivity contribution < 1.29 is 13.6 Å². The van der Waals surface area contributed by atoms with Crippen LogP contribution in [0, 0.1) is 5.41 Å². The first-order valence-electron chi connectivity index (χ1n) is 3.20. The molecule has 12 heavy (non-hydrogen) atoms. The van der Waals surface area contributed by atoms with Crippen molar-refractivity contribution in [1.29, 1.82) is 0 Å². The fourth-order valence-corrected chi connectivity index (χ4v) is 4.87. The summed E-state index contributed by atoms with van der Waals surface area (Å²) in [7, 11) is 0. The highest BCUT2D eigenvalue weighted by Gasteiger charge is 2.48. The van der Waals surface area contributed by atoms with Crippen molar-refractivity contribution in [2.45, 2.75) is 23.9 Å². The summed E-state index contributed by atoms with van der Waals surface area (Å²) in [6.45, 7) is 0.409. The molecule has 0 aliphatic carbocycles. The van der Waals surface area contributed by atoms with Gasteiger partial charge >= 0.3 is 6.95 Å². The molecule has 1 saturated heterocycles. The standard InChI is InChI=1S/C5H8Br2ClO3P/c1-5(2)3(6)10-12(8,9)11-4(5)7/h3-4H,1-2H3. The van der Waals surface area contributed by atoms with Crippen molar-refractivity contribution in [3.63, 3.8) is 0 Å². The highest BCUT2D eigenvalue weighted by atomic mass is 79.9. The summed E-state index contributed by atoms with van der Waals surface area (Å²) in [6.07, 6.45) is 0. The molecule has 0 radical (unpaired) electrons. The van der Waals surface area contributed by atoms with E-state index in [4.69, 9.17) is 20.3 Å². The highest BCUT2D eigenvalue weighted by molar-refractivity contribution is 9.10. The van der Waals surface area contributed by atoms with Gasteiger partial charge < -0.3 is 0 Å². The van der Waals surface area contributed by atoms with E-state index in [9.17, 15) is 4.57 Å². The molecule has 0 saturated carbocycles. The van der Waals surface area contributed by atoms with Gasteiger partial charge in [0.25, 0.3) is 0 Å². The van der Waals surface area contributed by atoms with Gasteiger partial charge in [-0.2, -0.15) is 0 Å². The Morgan fingerprint density at radius 1 is 1.33 bits per heavy atom. The summed E-state index contributed by atoms with van der Waals surface area (Å²) >= 11 is 11.9. The molecule has 1 aliphatic rings. The molecule has 7 heteroatoms. The maximum atomic E-state index is 11.2. The van der Waals surface area contributed by atoms with E-state index in [0.29, 0.717) is 0 Å². The maximum Gasteiger partial charge on any atom is 0.426 e. The van der Waals surface area contributed by atoms with Crippen LogP contribution in [-0.4, -0.2) is 10.0 Å². The molecule has 0 aromatic heterocycles. The number of alkyl halides is 2. The van der Waals surface area contributed by atoms with E-state index in [2.05, 4.69) is 31.9 Å². The number of rotatable bonds is 0. The van der Waals surface area contributed by atoms with Crippen molar-refractivity contribution in [2.24, 2.45) is 5.41 Å². The summed E-state index contributed by atoms with van der Waals surface area (Å²) in [4.78, 5) is 0. The monoisotopic (exact) mass is 340 g/mol. The van der Waals surface area contributed by atoms with Crippen LogP contribution in [0.15, 0.2) is 0 Å². The maximum absolute atomic E-state index is 11.2. The van der Waals surface area contributed by atoms with Gasteiger partial charge in [0.15, 0.2) is 0 Å². The van der Waals surface area contributed by atoms with Crippen LogP contribution in [0.1, 0.15) is 13.8 Å². The van der Waals surface area contributed by atoms with E-state index >= 15 is 0 Å². The first kappa shape index (κ1) is 11.5. The van der Waals surface area contributed by atoms with Crippen LogP contribution < -0.4 is 0 Å². The Kier molecular flexibility index (Phi) is 3.36. The van der Waals surface area contributed by atoms with Gasteiger partial charge in [0.2, 0.25) is 0 Å². The van der Waals surface area contributed by atoms with Gasteiger partial charge in [0, 0.05) is 16.7 Å². The van der Waals surface area contributed by atoms with Gasteiger partial charge in [-0.15, -0.1) is 0 Å². The van der Waals surface area contributed by atoms with E-state index in [1.54, 1.807) is 0 Å². The Morgan fingerprint density at radius 3 is 2.00 bits per heavy atom. The molecule has 2 unspecified atom stereocenters. The minimum atomic E-state index is -3.40. The zero-order valence-electron chi connectivity index (χ0n) is 6.46. The molecule has 0 aromatic carbocycles. The molecule has 0 spiro atoms. The molecule has 72 valence electrons. The smallest absolute Gasteiger partial charge is 0.281 e. The molecule has 0 N–H and O–H groups in total. The molecule has 0 bridgehead atoms. The summed E-state index contributed by atoms with van der Waals surface area (Å²) in [5, 5.41) is -0.766. The van der Waals surface area contributed by atoms with Crippen LogP contribution in [0.2, 0.25) is 0 Å². The third-order valence-electron chi connectivity index (χ3n) is 1.61. The number of hydrogen-bond acceptors (Lipinski definition) is 3. The summed E-state index contributed by atoms with van der Waals surface area (Å²) < 4.78 is 21.1. The Hall–Kier alpha value is 1.40. The van der Waals surface area contributed by atoms with Gasteiger partial charge in [-0.1, -0.05) is 45.7 Å². The fraction of sp³-hybridized carbons (Fsp3) is 1.00. The molecular weight excluding hydrogens is 334 g/mol. The fourth-order valence-electron chi connectivity index (χ4n) is 0.621. The SMILES string of the molecule is CC1(C)C(Br)OP(=O)(Cl)OC1Br. The van der Waals surface area contributed by atoms with Gasteiger partial charge in [-0.3, -0.25) is 9.05 Å². The molecule has 1 aliphatic heterocycles. The molecule has 3 nitrogen and oxygen atoms in total. The van der Waals surface area contributed by atoms with Crippen molar-refractivity contribution >= 4 is 50.0 Å². The van der Waals surface area contributed by atoms with Gasteiger partial charge in [0.05, 0.1) is 0 Å². The van der Waals surface area contributed by atoms with E-state index in [1.165, 1.54) is 0 Å². The zero-order valence-corrected chi connectivity index (χ0v) is 11.3. The third kappa shape index (κ3) is 2.25. The Balaban J connectivity index is 2.85. The highest BCUT2D eigenvalue weighted by Crippen LogP contribution is 2.64. The molecule has 2 atom stereocenters. The largest absolute Gasteiger partial charge is 0.426 e. The molecule has 1 rings (SSSR count). The predicted octanol–water partition coefficient (Wildman–Crippen LogP) is 3.85. The first-order valence-corrected chi connectivity index (χ1v) is 7.48. The zero-order chi connectivity index (χ0) is 9.57. The molecule has 1 heterocycles. The van der Waals surface area contributed by atoms with Crippen LogP contribution in [0.25, 0.3) is 0 Å². The second kappa shape index (κ2) is 3.52. The summed E-state index contributed by atoms with van der Waals surface area (Å²) in [5.74, 6) is 0. The van der Waals surface area contributed by atoms with E-state index in [-0.39, 0.29) is 15.4 Å². The lowest BCUT2D eigenvalue weighted by Crippen LogP contribution is -2.39. The van der Waals surface area contributed by atoms with Crippen molar-refractivity contribution in [3.05, 3.63) is 0 Å². The number of hydrogen-bond donors (Lipinski definition) is 0. The van der Waals surface area contributed by atoms with Crippen LogP contribution in [0.5, 0.6) is 0 Å². The quantitative estimate of drug-likeness (QED) is 0.495. The summed E-state index contributed by atoms with van der Waals surface area (Å²) in [5.41, 5.74) is -0.317. The minimum Gasteiger partial charge on any atom is -0.281 e.